The number of benzene rings is 2. The molecular weight excluding hydrogens is 346 g/mol. The molecule has 134 valence electrons. The van der Waals surface area contributed by atoms with Crippen LogP contribution in [0.1, 0.15) is 24.5 Å². The lowest BCUT2D eigenvalue weighted by molar-refractivity contribution is -0.139. The monoisotopic (exact) mass is 367 g/mol. The standard InChI is InChI=1S/C22H22ClNO2/c1-16(21(25)26)18-10-7-13-22(14-18,19-11-5-6-12-20(19)23)24-15-17-8-3-2-4-9-17/h2-13,16,24H,14-15H2,1H3,(H,25,26)/t16-,22?/m1/s1. The summed E-state index contributed by atoms with van der Waals surface area (Å²) >= 11 is 6.51. The summed E-state index contributed by atoms with van der Waals surface area (Å²) in [6.07, 6.45) is 6.47. The molecule has 0 saturated carbocycles. The molecule has 0 heterocycles. The molecule has 0 fully saturated rings. The van der Waals surface area contributed by atoms with Gasteiger partial charge in [0.2, 0.25) is 0 Å². The molecular formula is C22H22ClNO2. The minimum atomic E-state index is -0.817. The summed E-state index contributed by atoms with van der Waals surface area (Å²) in [5.74, 6) is -1.36. The molecule has 0 radical (unpaired) electrons. The number of allylic oxidation sites excluding steroid dienone is 2. The van der Waals surface area contributed by atoms with E-state index in [1.54, 1.807) is 6.92 Å². The van der Waals surface area contributed by atoms with Gasteiger partial charge in [-0.15, -0.1) is 0 Å². The molecule has 0 saturated heterocycles. The Labute approximate surface area is 159 Å². The van der Waals surface area contributed by atoms with Gasteiger partial charge in [-0.05, 0) is 30.5 Å². The molecule has 0 bridgehead atoms. The molecule has 2 aromatic carbocycles. The van der Waals surface area contributed by atoms with E-state index in [2.05, 4.69) is 23.5 Å². The highest BCUT2D eigenvalue weighted by Crippen LogP contribution is 2.39. The third-order valence-electron chi connectivity index (χ3n) is 4.91. The molecule has 3 rings (SSSR count). The van der Waals surface area contributed by atoms with Gasteiger partial charge in [-0.25, -0.2) is 0 Å². The molecule has 0 aliphatic heterocycles. The Hall–Kier alpha value is -2.36. The number of carboxylic acid groups (broad SMARTS) is 1. The van der Waals surface area contributed by atoms with Crippen LogP contribution < -0.4 is 5.32 Å². The number of halogens is 1. The molecule has 3 nitrogen and oxygen atoms in total. The van der Waals surface area contributed by atoms with Gasteiger partial charge in [0.25, 0.3) is 0 Å². The Kier molecular flexibility index (Phi) is 5.60. The summed E-state index contributed by atoms with van der Waals surface area (Å²) in [7, 11) is 0. The summed E-state index contributed by atoms with van der Waals surface area (Å²) in [5.41, 5.74) is 2.45. The van der Waals surface area contributed by atoms with Gasteiger partial charge >= 0.3 is 5.97 Å². The van der Waals surface area contributed by atoms with Crippen molar-refractivity contribution in [1.82, 2.24) is 5.32 Å². The fraction of sp³-hybridized carbons (Fsp3) is 0.227. The minimum Gasteiger partial charge on any atom is -0.481 e. The van der Waals surface area contributed by atoms with Crippen molar-refractivity contribution in [2.75, 3.05) is 0 Å². The Morgan fingerprint density at radius 3 is 2.58 bits per heavy atom. The molecule has 2 atom stereocenters. The molecule has 26 heavy (non-hydrogen) atoms. The zero-order valence-corrected chi connectivity index (χ0v) is 15.4. The fourth-order valence-corrected chi connectivity index (χ4v) is 3.62. The number of hydrogen-bond donors (Lipinski definition) is 2. The smallest absolute Gasteiger partial charge is 0.310 e. The van der Waals surface area contributed by atoms with Crippen molar-refractivity contribution in [2.24, 2.45) is 5.92 Å². The first-order valence-corrected chi connectivity index (χ1v) is 9.05. The van der Waals surface area contributed by atoms with Gasteiger partial charge in [-0.1, -0.05) is 83.9 Å². The first-order valence-electron chi connectivity index (χ1n) is 8.67. The molecule has 0 spiro atoms. The molecule has 2 aromatic rings. The SMILES string of the molecule is C[C@@H](C(=O)O)C1=CC=CC(NCc2ccccc2)(c2ccccc2Cl)C1. The van der Waals surface area contributed by atoms with E-state index in [0.717, 1.165) is 16.7 Å². The van der Waals surface area contributed by atoms with Crippen molar-refractivity contribution in [3.8, 4) is 0 Å². The van der Waals surface area contributed by atoms with Gasteiger partial charge in [0.05, 0.1) is 11.5 Å². The van der Waals surface area contributed by atoms with E-state index in [-0.39, 0.29) is 0 Å². The average molecular weight is 368 g/mol. The Morgan fingerprint density at radius 1 is 1.19 bits per heavy atom. The topological polar surface area (TPSA) is 49.3 Å². The van der Waals surface area contributed by atoms with Gasteiger partial charge in [-0.3, -0.25) is 10.1 Å². The highest BCUT2D eigenvalue weighted by atomic mass is 35.5. The van der Waals surface area contributed by atoms with Crippen LogP contribution in [0.3, 0.4) is 0 Å². The maximum Gasteiger partial charge on any atom is 0.310 e. The molecule has 2 N–H and O–H groups in total. The van der Waals surface area contributed by atoms with E-state index in [0.29, 0.717) is 18.0 Å². The summed E-state index contributed by atoms with van der Waals surface area (Å²) in [4.78, 5) is 11.5. The summed E-state index contributed by atoms with van der Waals surface area (Å²) < 4.78 is 0. The summed E-state index contributed by atoms with van der Waals surface area (Å²) in [6.45, 7) is 2.38. The van der Waals surface area contributed by atoms with Crippen molar-refractivity contribution in [3.63, 3.8) is 0 Å². The highest BCUT2D eigenvalue weighted by Gasteiger charge is 2.35. The largest absolute Gasteiger partial charge is 0.481 e. The van der Waals surface area contributed by atoms with E-state index < -0.39 is 17.4 Å². The Bertz CT molecular complexity index is 844. The third kappa shape index (κ3) is 3.90. The van der Waals surface area contributed by atoms with Gasteiger partial charge in [0.15, 0.2) is 0 Å². The number of rotatable bonds is 6. The summed E-state index contributed by atoms with van der Waals surface area (Å²) in [5, 5.41) is 13.7. The molecule has 1 aliphatic rings. The van der Waals surface area contributed by atoms with Crippen LogP contribution in [-0.4, -0.2) is 11.1 Å². The molecule has 0 amide bonds. The highest BCUT2D eigenvalue weighted by molar-refractivity contribution is 6.31. The van der Waals surface area contributed by atoms with Gasteiger partial charge in [0, 0.05) is 11.6 Å². The number of hydrogen-bond acceptors (Lipinski definition) is 2. The lowest BCUT2D eigenvalue weighted by Gasteiger charge is -2.37. The predicted molar refractivity (Wildman–Crippen MR) is 105 cm³/mol. The van der Waals surface area contributed by atoms with E-state index in [1.165, 1.54) is 0 Å². The summed E-state index contributed by atoms with van der Waals surface area (Å²) in [6, 6.07) is 17.9. The molecule has 0 aromatic heterocycles. The first-order chi connectivity index (χ1) is 12.5. The first kappa shape index (κ1) is 18.4. The maximum atomic E-state index is 11.5. The van der Waals surface area contributed by atoms with Crippen LogP contribution in [0.2, 0.25) is 5.02 Å². The third-order valence-corrected chi connectivity index (χ3v) is 5.24. The molecule has 1 aliphatic carbocycles. The number of aliphatic carboxylic acids is 1. The Morgan fingerprint density at radius 2 is 1.88 bits per heavy atom. The van der Waals surface area contributed by atoms with Crippen LogP contribution in [0, 0.1) is 5.92 Å². The number of nitrogens with one attached hydrogen (secondary N) is 1. The van der Waals surface area contributed by atoms with Gasteiger partial charge < -0.3 is 5.11 Å². The average Bonchev–Trinajstić information content (AvgIpc) is 2.67. The normalized spacial score (nSPS) is 20.5. The van der Waals surface area contributed by atoms with Crippen molar-refractivity contribution in [3.05, 3.63) is 94.5 Å². The lowest BCUT2D eigenvalue weighted by Crippen LogP contribution is -2.42. The number of carbonyl (C=O) groups is 1. The second-order valence-corrected chi connectivity index (χ2v) is 7.03. The van der Waals surface area contributed by atoms with E-state index in [9.17, 15) is 9.90 Å². The zero-order chi connectivity index (χ0) is 18.6. The second-order valence-electron chi connectivity index (χ2n) is 6.63. The van der Waals surface area contributed by atoms with Crippen molar-refractivity contribution in [2.45, 2.75) is 25.4 Å². The van der Waals surface area contributed by atoms with E-state index >= 15 is 0 Å². The van der Waals surface area contributed by atoms with Crippen LogP contribution in [0.15, 0.2) is 78.4 Å². The quantitative estimate of drug-likeness (QED) is 0.760. The fourth-order valence-electron chi connectivity index (χ4n) is 3.31. The minimum absolute atomic E-state index is 0.540. The van der Waals surface area contributed by atoms with Gasteiger partial charge in [0.1, 0.15) is 0 Å². The predicted octanol–water partition coefficient (Wildman–Crippen LogP) is 4.93. The van der Waals surface area contributed by atoms with Crippen LogP contribution in [0.25, 0.3) is 0 Å². The van der Waals surface area contributed by atoms with E-state index in [1.807, 2.05) is 54.6 Å². The van der Waals surface area contributed by atoms with Gasteiger partial charge in [-0.2, -0.15) is 0 Å². The number of carboxylic acids is 1. The van der Waals surface area contributed by atoms with Crippen LogP contribution in [0.4, 0.5) is 0 Å². The van der Waals surface area contributed by atoms with Crippen LogP contribution in [-0.2, 0) is 16.9 Å². The molecule has 4 heteroatoms. The lowest BCUT2D eigenvalue weighted by atomic mass is 9.77. The Balaban J connectivity index is 1.95. The van der Waals surface area contributed by atoms with Crippen molar-refractivity contribution < 1.29 is 9.90 Å². The van der Waals surface area contributed by atoms with Crippen molar-refractivity contribution in [1.29, 1.82) is 0 Å². The second kappa shape index (κ2) is 7.90. The van der Waals surface area contributed by atoms with E-state index in [4.69, 9.17) is 11.6 Å². The van der Waals surface area contributed by atoms with Crippen molar-refractivity contribution >= 4 is 17.6 Å². The van der Waals surface area contributed by atoms with Crippen LogP contribution >= 0.6 is 11.6 Å². The van der Waals surface area contributed by atoms with Crippen LogP contribution in [0.5, 0.6) is 0 Å². The maximum absolute atomic E-state index is 11.5. The molecule has 1 unspecified atom stereocenters. The zero-order valence-electron chi connectivity index (χ0n) is 14.7.